The van der Waals surface area contributed by atoms with Gasteiger partial charge in [-0.3, -0.25) is 0 Å². The van der Waals surface area contributed by atoms with Gasteiger partial charge in [-0.2, -0.15) is 0 Å². The molecule has 0 aromatic rings. The molecule has 2 heteroatoms. The van der Waals surface area contributed by atoms with Crippen molar-refractivity contribution in [2.24, 2.45) is 0 Å². The number of hydrogen-bond donors (Lipinski definition) is 1. The first-order valence-corrected chi connectivity index (χ1v) is 15.6. The van der Waals surface area contributed by atoms with Gasteiger partial charge in [-0.25, -0.2) is 0 Å². The average Bonchev–Trinajstić information content (AvgIpc) is 2.44. The summed E-state index contributed by atoms with van der Waals surface area (Å²) >= 11 is -2.33. The normalized spacial score (nSPS) is 12.7. The van der Waals surface area contributed by atoms with Gasteiger partial charge in [0.1, 0.15) is 0 Å². The monoisotopic (exact) mass is 374 g/mol. The number of aliphatic hydroxyl groups is 1. The van der Waals surface area contributed by atoms with Gasteiger partial charge in [0, 0.05) is 0 Å². The molecule has 0 aromatic carbocycles. The van der Waals surface area contributed by atoms with Crippen molar-refractivity contribution in [3.8, 4) is 0 Å². The summed E-state index contributed by atoms with van der Waals surface area (Å²) in [5, 5.41) is 9.83. The SMILES string of the molecule is C=C/C=[C](\CO)[Sn]([CH2]CCC)([CH2]CCC)[CH2]CCC. The van der Waals surface area contributed by atoms with Gasteiger partial charge in [-0.1, -0.05) is 0 Å². The maximum atomic E-state index is 9.83. The number of aliphatic hydroxyl groups excluding tert-OH is 1. The summed E-state index contributed by atoms with van der Waals surface area (Å²) in [7, 11) is 0. The van der Waals surface area contributed by atoms with Crippen LogP contribution < -0.4 is 0 Å². The molecular formula is C17H34OSn. The second kappa shape index (κ2) is 12.0. The molecule has 0 heterocycles. The van der Waals surface area contributed by atoms with E-state index in [2.05, 4.69) is 33.4 Å². The minimum atomic E-state index is -2.33. The van der Waals surface area contributed by atoms with Crippen LogP contribution in [0.25, 0.3) is 0 Å². The van der Waals surface area contributed by atoms with Crippen LogP contribution in [0.2, 0.25) is 13.3 Å². The van der Waals surface area contributed by atoms with E-state index in [0.717, 1.165) is 0 Å². The summed E-state index contributed by atoms with van der Waals surface area (Å²) in [5.41, 5.74) is 0. The molecule has 0 saturated carbocycles. The Morgan fingerprint density at radius 1 is 0.947 bits per heavy atom. The zero-order chi connectivity index (χ0) is 14.6. The van der Waals surface area contributed by atoms with Crippen molar-refractivity contribution >= 4 is 18.4 Å². The first kappa shape index (κ1) is 19.2. The fourth-order valence-electron chi connectivity index (χ4n) is 2.94. The van der Waals surface area contributed by atoms with Crippen molar-refractivity contribution in [3.63, 3.8) is 0 Å². The van der Waals surface area contributed by atoms with Crippen LogP contribution in [0.3, 0.4) is 0 Å². The molecule has 0 saturated heterocycles. The molecule has 1 nitrogen and oxygen atoms in total. The van der Waals surface area contributed by atoms with Gasteiger partial charge in [-0.15, -0.1) is 0 Å². The topological polar surface area (TPSA) is 20.2 Å². The predicted octanol–water partition coefficient (Wildman–Crippen LogP) is 5.48. The molecule has 0 aromatic heterocycles. The third-order valence-electron chi connectivity index (χ3n) is 4.20. The van der Waals surface area contributed by atoms with E-state index in [1.807, 2.05) is 6.08 Å². The van der Waals surface area contributed by atoms with Gasteiger partial charge >= 0.3 is 125 Å². The molecule has 0 rings (SSSR count). The van der Waals surface area contributed by atoms with Crippen molar-refractivity contribution in [1.82, 2.24) is 0 Å². The summed E-state index contributed by atoms with van der Waals surface area (Å²) in [6, 6.07) is 0. The molecule has 0 aliphatic heterocycles. The Morgan fingerprint density at radius 2 is 1.37 bits per heavy atom. The van der Waals surface area contributed by atoms with Crippen LogP contribution in [-0.4, -0.2) is 30.1 Å². The van der Waals surface area contributed by atoms with Crippen LogP contribution in [0.4, 0.5) is 0 Å². The van der Waals surface area contributed by atoms with Crippen molar-refractivity contribution < 1.29 is 5.11 Å². The van der Waals surface area contributed by atoms with Crippen LogP contribution in [0, 0.1) is 0 Å². The Kier molecular flexibility index (Phi) is 12.2. The number of allylic oxidation sites excluding steroid dienone is 2. The van der Waals surface area contributed by atoms with Crippen molar-refractivity contribution in [1.29, 1.82) is 0 Å². The zero-order valence-electron chi connectivity index (χ0n) is 13.4. The molecule has 112 valence electrons. The molecule has 0 aliphatic carbocycles. The van der Waals surface area contributed by atoms with Gasteiger partial charge in [0.05, 0.1) is 0 Å². The van der Waals surface area contributed by atoms with Crippen LogP contribution in [0.1, 0.15) is 59.3 Å². The summed E-state index contributed by atoms with van der Waals surface area (Å²) < 4.78 is 5.68. The second-order valence-corrected chi connectivity index (χ2v) is 19.1. The predicted molar refractivity (Wildman–Crippen MR) is 90.3 cm³/mol. The quantitative estimate of drug-likeness (QED) is 0.355. The van der Waals surface area contributed by atoms with E-state index in [9.17, 15) is 5.11 Å². The fraction of sp³-hybridized carbons (Fsp3) is 0.765. The fourth-order valence-corrected chi connectivity index (χ4v) is 19.0. The third-order valence-corrected chi connectivity index (χ3v) is 20.2. The van der Waals surface area contributed by atoms with E-state index in [-0.39, 0.29) is 6.61 Å². The first-order chi connectivity index (χ1) is 9.20. The van der Waals surface area contributed by atoms with Crippen LogP contribution in [-0.2, 0) is 0 Å². The molecule has 0 fully saturated rings. The van der Waals surface area contributed by atoms with Crippen LogP contribution >= 0.6 is 0 Å². The van der Waals surface area contributed by atoms with Crippen LogP contribution in [0.15, 0.2) is 22.3 Å². The van der Waals surface area contributed by atoms with E-state index >= 15 is 0 Å². The van der Waals surface area contributed by atoms with Crippen molar-refractivity contribution in [3.05, 3.63) is 22.3 Å². The molecule has 0 spiro atoms. The Labute approximate surface area is 125 Å². The molecule has 19 heavy (non-hydrogen) atoms. The van der Waals surface area contributed by atoms with Gasteiger partial charge in [0.15, 0.2) is 0 Å². The van der Waals surface area contributed by atoms with Gasteiger partial charge in [-0.05, 0) is 0 Å². The Morgan fingerprint density at radius 3 is 1.63 bits per heavy atom. The molecule has 1 N–H and O–H groups in total. The van der Waals surface area contributed by atoms with Crippen molar-refractivity contribution in [2.45, 2.75) is 72.6 Å². The Balaban J connectivity index is 5.16. The summed E-state index contributed by atoms with van der Waals surface area (Å²) in [4.78, 5) is 0. The Bertz CT molecular complexity index is 236. The molecule has 0 radical (unpaired) electrons. The molecule has 0 amide bonds. The van der Waals surface area contributed by atoms with Crippen LogP contribution in [0.5, 0.6) is 0 Å². The number of rotatable bonds is 12. The van der Waals surface area contributed by atoms with E-state index < -0.39 is 18.4 Å². The number of unbranched alkanes of at least 4 members (excludes halogenated alkanes) is 3. The molecular weight excluding hydrogens is 339 g/mol. The minimum absolute atomic E-state index is 0.277. The number of hydrogen-bond acceptors (Lipinski definition) is 1. The maximum absolute atomic E-state index is 9.83. The first-order valence-electron chi connectivity index (χ1n) is 8.13. The zero-order valence-corrected chi connectivity index (χ0v) is 16.2. The third kappa shape index (κ3) is 6.99. The standard InChI is InChI=1S/C5H7O.3C4H9.Sn/c1-2-3-4-5-6;3*1-3-4-2;/h2-3,6H,1,5H2;3*1,3-4H2,2H3;. The molecule has 0 unspecified atom stereocenters. The van der Waals surface area contributed by atoms with Gasteiger partial charge < -0.3 is 0 Å². The summed E-state index contributed by atoms with van der Waals surface area (Å²) in [6.45, 7) is 11.0. The summed E-state index contributed by atoms with van der Waals surface area (Å²) in [5.74, 6) is 0. The van der Waals surface area contributed by atoms with E-state index in [1.54, 1.807) is 0 Å². The average molecular weight is 373 g/mol. The van der Waals surface area contributed by atoms with Gasteiger partial charge in [0.25, 0.3) is 0 Å². The van der Waals surface area contributed by atoms with E-state index in [0.29, 0.717) is 0 Å². The Hall–Kier alpha value is 0.239. The van der Waals surface area contributed by atoms with E-state index in [1.165, 1.54) is 55.4 Å². The second-order valence-electron chi connectivity index (χ2n) is 5.68. The van der Waals surface area contributed by atoms with Gasteiger partial charge in [0.2, 0.25) is 0 Å². The van der Waals surface area contributed by atoms with E-state index in [4.69, 9.17) is 0 Å². The summed E-state index contributed by atoms with van der Waals surface area (Å²) in [6.07, 6.45) is 11.9. The molecule has 0 aliphatic rings. The molecule has 0 bridgehead atoms. The molecule has 0 atom stereocenters. The van der Waals surface area contributed by atoms with Crippen molar-refractivity contribution in [2.75, 3.05) is 6.61 Å².